The molecule has 0 bridgehead atoms. The van der Waals surface area contributed by atoms with E-state index in [-0.39, 0.29) is 35.1 Å². The zero-order valence-electron chi connectivity index (χ0n) is 17.9. The zero-order valence-corrected chi connectivity index (χ0v) is 19.5. The SMILES string of the molecule is COCN(Sc1ccc(C(C)(C)C)cc1)c1cc(Cl)cnc1C(=O)c1cccc(N)n1. The molecule has 0 fully saturated rings. The molecule has 2 heterocycles. The van der Waals surface area contributed by atoms with Crippen LogP contribution in [0.4, 0.5) is 11.5 Å². The smallest absolute Gasteiger partial charge is 0.231 e. The Morgan fingerprint density at radius 2 is 1.90 bits per heavy atom. The lowest BCUT2D eigenvalue weighted by Gasteiger charge is -2.25. The van der Waals surface area contributed by atoms with Crippen molar-refractivity contribution in [2.75, 3.05) is 23.9 Å². The van der Waals surface area contributed by atoms with E-state index in [2.05, 4.69) is 42.9 Å². The van der Waals surface area contributed by atoms with Gasteiger partial charge < -0.3 is 10.5 Å². The quantitative estimate of drug-likeness (QED) is 0.291. The fourth-order valence-electron chi connectivity index (χ4n) is 2.90. The molecule has 2 aromatic heterocycles. The molecule has 0 atom stereocenters. The molecule has 2 N–H and O–H groups in total. The first-order chi connectivity index (χ1) is 14.7. The molecule has 0 spiro atoms. The fourth-order valence-corrected chi connectivity index (χ4v) is 3.96. The lowest BCUT2D eigenvalue weighted by atomic mass is 9.87. The van der Waals surface area contributed by atoms with Gasteiger partial charge in [0.1, 0.15) is 23.9 Å². The number of ketones is 1. The van der Waals surface area contributed by atoms with Crippen molar-refractivity contribution >= 4 is 40.8 Å². The van der Waals surface area contributed by atoms with Crippen LogP contribution in [0, 0.1) is 0 Å². The number of hydrogen-bond acceptors (Lipinski definition) is 7. The van der Waals surface area contributed by atoms with Gasteiger partial charge in [-0.3, -0.25) is 9.10 Å². The van der Waals surface area contributed by atoms with Crippen LogP contribution in [0.1, 0.15) is 42.5 Å². The second-order valence-electron chi connectivity index (χ2n) is 7.96. The minimum Gasteiger partial charge on any atom is -0.384 e. The second kappa shape index (κ2) is 9.68. The number of anilines is 2. The summed E-state index contributed by atoms with van der Waals surface area (Å²) in [6, 6.07) is 14.9. The van der Waals surface area contributed by atoms with Crippen LogP contribution < -0.4 is 10.0 Å². The topological polar surface area (TPSA) is 81.3 Å². The van der Waals surface area contributed by atoms with Crippen LogP contribution in [0.2, 0.25) is 5.02 Å². The Balaban J connectivity index is 1.97. The Kier molecular flexibility index (Phi) is 7.20. The first kappa shape index (κ1) is 23.1. The van der Waals surface area contributed by atoms with Crippen LogP contribution >= 0.6 is 23.5 Å². The molecule has 162 valence electrons. The highest BCUT2D eigenvalue weighted by atomic mass is 35.5. The normalized spacial score (nSPS) is 11.4. The van der Waals surface area contributed by atoms with Crippen LogP contribution in [-0.4, -0.2) is 29.6 Å². The molecule has 0 aliphatic carbocycles. The van der Waals surface area contributed by atoms with Gasteiger partial charge in [0, 0.05) is 18.2 Å². The van der Waals surface area contributed by atoms with E-state index in [0.717, 1.165) is 4.90 Å². The van der Waals surface area contributed by atoms with Gasteiger partial charge >= 0.3 is 0 Å². The van der Waals surface area contributed by atoms with Crippen molar-refractivity contribution in [3.63, 3.8) is 0 Å². The number of halogens is 1. The number of nitrogen functional groups attached to an aromatic ring is 1. The predicted octanol–water partition coefficient (Wildman–Crippen LogP) is 5.36. The second-order valence-corrected chi connectivity index (χ2v) is 9.49. The fraction of sp³-hybridized carbons (Fsp3) is 0.261. The molecular formula is C23H25ClN4O2S. The number of pyridine rings is 2. The minimum absolute atomic E-state index is 0.0659. The van der Waals surface area contributed by atoms with E-state index < -0.39 is 0 Å². The highest BCUT2D eigenvalue weighted by Crippen LogP contribution is 2.34. The molecule has 0 amide bonds. The molecule has 0 aliphatic heterocycles. The molecule has 0 unspecified atom stereocenters. The van der Waals surface area contributed by atoms with Crippen molar-refractivity contribution in [3.05, 3.63) is 76.7 Å². The van der Waals surface area contributed by atoms with Gasteiger partial charge in [0.15, 0.2) is 0 Å². The van der Waals surface area contributed by atoms with Crippen molar-refractivity contribution in [2.45, 2.75) is 31.1 Å². The molecule has 0 saturated heterocycles. The minimum atomic E-state index is -0.344. The Morgan fingerprint density at radius 1 is 1.19 bits per heavy atom. The van der Waals surface area contributed by atoms with E-state index in [9.17, 15) is 4.79 Å². The van der Waals surface area contributed by atoms with Crippen molar-refractivity contribution < 1.29 is 9.53 Å². The number of aromatic nitrogens is 2. The van der Waals surface area contributed by atoms with Gasteiger partial charge in [0.2, 0.25) is 5.78 Å². The van der Waals surface area contributed by atoms with Crippen molar-refractivity contribution in [3.8, 4) is 0 Å². The van der Waals surface area contributed by atoms with Crippen molar-refractivity contribution in [1.29, 1.82) is 0 Å². The van der Waals surface area contributed by atoms with Gasteiger partial charge in [-0.25, -0.2) is 9.97 Å². The number of benzene rings is 1. The summed E-state index contributed by atoms with van der Waals surface area (Å²) in [4.78, 5) is 22.6. The third-order valence-electron chi connectivity index (χ3n) is 4.50. The standard InChI is InChI=1S/C23H25ClN4O2S/c1-23(2,3)15-8-10-17(11-9-15)31-28(14-30-4)19-12-16(24)13-26-21(19)22(29)18-6-5-7-20(25)27-18/h5-13H,14H2,1-4H3,(H2,25,27). The number of methoxy groups -OCH3 is 1. The molecule has 0 aliphatic rings. The van der Waals surface area contributed by atoms with Crippen LogP contribution in [0.15, 0.2) is 59.6 Å². The van der Waals surface area contributed by atoms with Gasteiger partial charge in [-0.1, -0.05) is 50.6 Å². The van der Waals surface area contributed by atoms with Crippen LogP contribution in [0.5, 0.6) is 0 Å². The highest BCUT2D eigenvalue weighted by molar-refractivity contribution is 8.00. The summed E-state index contributed by atoms with van der Waals surface area (Å²) in [5.74, 6) is -0.0767. The van der Waals surface area contributed by atoms with E-state index in [4.69, 9.17) is 22.1 Å². The number of nitrogens with two attached hydrogens (primary N) is 1. The molecule has 8 heteroatoms. The van der Waals surface area contributed by atoms with E-state index in [1.165, 1.54) is 23.7 Å². The maximum atomic E-state index is 13.1. The summed E-state index contributed by atoms with van der Waals surface area (Å²) < 4.78 is 7.23. The molecule has 0 saturated carbocycles. The lowest BCUT2D eigenvalue weighted by Crippen LogP contribution is -2.21. The average Bonchev–Trinajstić information content (AvgIpc) is 2.72. The molecule has 3 rings (SSSR count). The largest absolute Gasteiger partial charge is 0.384 e. The number of carbonyl (C=O) groups is 1. The molecule has 1 aromatic carbocycles. The maximum Gasteiger partial charge on any atom is 0.231 e. The summed E-state index contributed by atoms with van der Waals surface area (Å²) in [5, 5.41) is 0.414. The number of ether oxygens (including phenoxy) is 1. The van der Waals surface area contributed by atoms with Crippen molar-refractivity contribution in [1.82, 2.24) is 9.97 Å². The van der Waals surface area contributed by atoms with Crippen LogP contribution in [-0.2, 0) is 10.2 Å². The Labute approximate surface area is 191 Å². The van der Waals surface area contributed by atoms with Crippen LogP contribution in [0.3, 0.4) is 0 Å². The average molecular weight is 457 g/mol. The van der Waals surface area contributed by atoms with Gasteiger partial charge in [-0.15, -0.1) is 0 Å². The number of hydrogen-bond donors (Lipinski definition) is 1. The molecule has 3 aromatic rings. The molecular weight excluding hydrogens is 432 g/mol. The number of nitrogens with zero attached hydrogens (tertiary/aromatic N) is 3. The van der Waals surface area contributed by atoms with E-state index in [1.54, 1.807) is 31.4 Å². The third-order valence-corrected chi connectivity index (χ3v) is 5.72. The van der Waals surface area contributed by atoms with E-state index in [1.807, 2.05) is 16.4 Å². The monoisotopic (exact) mass is 456 g/mol. The number of rotatable bonds is 7. The zero-order chi connectivity index (χ0) is 22.6. The molecule has 0 radical (unpaired) electrons. The van der Waals surface area contributed by atoms with E-state index in [0.29, 0.717) is 10.7 Å². The maximum absolute atomic E-state index is 13.1. The van der Waals surface area contributed by atoms with Gasteiger partial charge in [-0.2, -0.15) is 0 Å². The van der Waals surface area contributed by atoms with E-state index >= 15 is 0 Å². The van der Waals surface area contributed by atoms with Gasteiger partial charge in [-0.05, 0) is 53.3 Å². The lowest BCUT2D eigenvalue weighted by molar-refractivity contribution is 0.103. The first-order valence-electron chi connectivity index (χ1n) is 9.67. The summed E-state index contributed by atoms with van der Waals surface area (Å²) in [6.45, 7) is 6.74. The summed E-state index contributed by atoms with van der Waals surface area (Å²) >= 11 is 7.66. The van der Waals surface area contributed by atoms with Crippen LogP contribution in [0.25, 0.3) is 0 Å². The third kappa shape index (κ3) is 5.76. The number of carbonyl (C=O) groups excluding carboxylic acids is 1. The highest BCUT2D eigenvalue weighted by Gasteiger charge is 2.23. The Bertz CT molecular complexity index is 1070. The molecule has 6 nitrogen and oxygen atoms in total. The Hall–Kier alpha value is -2.61. The van der Waals surface area contributed by atoms with Crippen molar-refractivity contribution in [2.24, 2.45) is 0 Å². The van der Waals surface area contributed by atoms with Gasteiger partial charge in [0.25, 0.3) is 0 Å². The Morgan fingerprint density at radius 3 is 2.52 bits per heavy atom. The summed E-state index contributed by atoms with van der Waals surface area (Å²) in [5.41, 5.74) is 8.03. The van der Waals surface area contributed by atoms with Gasteiger partial charge in [0.05, 0.1) is 10.7 Å². The summed E-state index contributed by atoms with van der Waals surface area (Å²) in [7, 11) is 1.59. The predicted molar refractivity (Wildman–Crippen MR) is 127 cm³/mol. The summed E-state index contributed by atoms with van der Waals surface area (Å²) in [6.07, 6.45) is 1.44. The molecule has 31 heavy (non-hydrogen) atoms. The first-order valence-corrected chi connectivity index (χ1v) is 10.8.